The maximum Gasteiger partial charge on any atom is 0.217 e. The zero-order valence-corrected chi connectivity index (χ0v) is 12.0. The van der Waals surface area contributed by atoms with Crippen molar-refractivity contribution >= 4 is 15.9 Å². The minimum absolute atomic E-state index is 0.290. The largest absolute Gasteiger partial charge is 0.478 e. The number of rotatable bonds is 4. The summed E-state index contributed by atoms with van der Waals surface area (Å²) in [5, 5.41) is 0. The number of hydrogen-bond acceptors (Lipinski definition) is 3. The molecule has 1 aromatic rings. The van der Waals surface area contributed by atoms with Gasteiger partial charge in [0, 0.05) is 12.5 Å². The van der Waals surface area contributed by atoms with Gasteiger partial charge in [-0.05, 0) is 27.8 Å². The van der Waals surface area contributed by atoms with Crippen LogP contribution in [-0.2, 0) is 6.42 Å². The summed E-state index contributed by atoms with van der Waals surface area (Å²) < 4.78 is 6.41. The Morgan fingerprint density at radius 3 is 2.56 bits per heavy atom. The number of aromatic nitrogens is 2. The highest BCUT2D eigenvalue weighted by Gasteiger charge is 2.10. The molecule has 0 aromatic carbocycles. The van der Waals surface area contributed by atoms with Crippen molar-refractivity contribution in [2.75, 3.05) is 6.61 Å². The first-order chi connectivity index (χ1) is 7.40. The number of hydrogen-bond donors (Lipinski definition) is 0. The third kappa shape index (κ3) is 4.92. The van der Waals surface area contributed by atoms with Crippen molar-refractivity contribution in [3.05, 3.63) is 16.5 Å². The zero-order chi connectivity index (χ0) is 12.2. The topological polar surface area (TPSA) is 35.0 Å². The monoisotopic (exact) mass is 286 g/mol. The van der Waals surface area contributed by atoms with Crippen LogP contribution in [0.25, 0.3) is 0 Å². The number of aryl methyl sites for hydroxylation is 1. The number of nitrogens with zero attached hydrogens (tertiary/aromatic N) is 2. The molecule has 1 heterocycles. The summed E-state index contributed by atoms with van der Waals surface area (Å²) in [5.74, 6) is 1.46. The van der Waals surface area contributed by atoms with E-state index >= 15 is 0 Å². The smallest absolute Gasteiger partial charge is 0.217 e. The second kappa shape index (κ2) is 5.62. The molecule has 1 rings (SSSR count). The van der Waals surface area contributed by atoms with E-state index in [9.17, 15) is 0 Å². The van der Waals surface area contributed by atoms with Crippen LogP contribution in [0.15, 0.2) is 10.7 Å². The third-order valence-corrected chi connectivity index (χ3v) is 2.54. The molecule has 0 bridgehead atoms. The van der Waals surface area contributed by atoms with Gasteiger partial charge in [-0.25, -0.2) is 4.98 Å². The lowest BCUT2D eigenvalue weighted by atomic mass is 9.93. The van der Waals surface area contributed by atoms with E-state index in [1.165, 1.54) is 0 Å². The first kappa shape index (κ1) is 13.4. The Kier molecular flexibility index (Phi) is 4.71. The lowest BCUT2D eigenvalue weighted by Gasteiger charge is -2.17. The van der Waals surface area contributed by atoms with Crippen molar-refractivity contribution in [1.82, 2.24) is 9.97 Å². The van der Waals surface area contributed by atoms with Crippen LogP contribution in [0, 0.1) is 5.41 Å². The molecular formula is C12H19BrN2O. The normalized spacial score (nSPS) is 11.6. The molecule has 4 heteroatoms. The summed E-state index contributed by atoms with van der Waals surface area (Å²) in [4.78, 5) is 8.54. The van der Waals surface area contributed by atoms with Crippen LogP contribution < -0.4 is 4.74 Å². The van der Waals surface area contributed by atoms with Crippen molar-refractivity contribution in [2.24, 2.45) is 5.41 Å². The van der Waals surface area contributed by atoms with E-state index in [-0.39, 0.29) is 5.41 Å². The Balaban J connectivity index is 2.57. The van der Waals surface area contributed by atoms with E-state index in [4.69, 9.17) is 4.74 Å². The van der Waals surface area contributed by atoms with Gasteiger partial charge in [-0.1, -0.05) is 27.7 Å². The molecule has 90 valence electrons. The van der Waals surface area contributed by atoms with Gasteiger partial charge in [0.15, 0.2) is 0 Å². The first-order valence-corrected chi connectivity index (χ1v) is 6.36. The molecule has 0 saturated carbocycles. The van der Waals surface area contributed by atoms with E-state index in [0.29, 0.717) is 12.5 Å². The Morgan fingerprint density at radius 2 is 2.00 bits per heavy atom. The minimum Gasteiger partial charge on any atom is -0.478 e. The predicted molar refractivity (Wildman–Crippen MR) is 68.7 cm³/mol. The molecule has 0 radical (unpaired) electrons. The Hall–Kier alpha value is -0.640. The molecule has 0 unspecified atom stereocenters. The van der Waals surface area contributed by atoms with Crippen LogP contribution >= 0.6 is 15.9 Å². The lowest BCUT2D eigenvalue weighted by Crippen LogP contribution is -2.12. The Bertz CT molecular complexity index is 347. The van der Waals surface area contributed by atoms with Gasteiger partial charge in [0.05, 0.1) is 6.61 Å². The minimum atomic E-state index is 0.290. The van der Waals surface area contributed by atoms with Crippen LogP contribution in [0.3, 0.4) is 0 Å². The van der Waals surface area contributed by atoms with Crippen LogP contribution in [0.5, 0.6) is 5.88 Å². The van der Waals surface area contributed by atoms with Crippen molar-refractivity contribution in [3.63, 3.8) is 0 Å². The van der Waals surface area contributed by atoms with Gasteiger partial charge in [-0.15, -0.1) is 0 Å². The molecule has 0 fully saturated rings. The second-order valence-electron chi connectivity index (χ2n) is 4.96. The van der Waals surface area contributed by atoms with Gasteiger partial charge in [0.1, 0.15) is 10.4 Å². The van der Waals surface area contributed by atoms with Crippen LogP contribution in [-0.4, -0.2) is 16.6 Å². The predicted octanol–water partition coefficient (Wildman–Crippen LogP) is 3.62. The third-order valence-electron chi connectivity index (χ3n) is 2.14. The highest BCUT2D eigenvalue weighted by molar-refractivity contribution is 9.10. The molecule has 0 aliphatic rings. The molecule has 0 amide bonds. The van der Waals surface area contributed by atoms with Gasteiger partial charge < -0.3 is 4.74 Å². The van der Waals surface area contributed by atoms with Gasteiger partial charge in [0.2, 0.25) is 5.88 Å². The second-order valence-corrected chi connectivity index (χ2v) is 5.77. The van der Waals surface area contributed by atoms with Crippen LogP contribution in [0.2, 0.25) is 0 Å². The summed E-state index contributed by atoms with van der Waals surface area (Å²) in [7, 11) is 0. The highest BCUT2D eigenvalue weighted by atomic mass is 79.9. The maximum absolute atomic E-state index is 5.62. The quantitative estimate of drug-likeness (QED) is 0.793. The van der Waals surface area contributed by atoms with E-state index in [1.807, 2.05) is 13.0 Å². The van der Waals surface area contributed by atoms with Gasteiger partial charge >= 0.3 is 0 Å². The van der Waals surface area contributed by atoms with Crippen LogP contribution in [0.4, 0.5) is 0 Å². The molecule has 0 N–H and O–H groups in total. The molecule has 3 nitrogen and oxygen atoms in total. The number of halogens is 1. The van der Waals surface area contributed by atoms with E-state index < -0.39 is 0 Å². The Labute approximate surface area is 106 Å². The number of ether oxygens (including phenoxy) is 1. The van der Waals surface area contributed by atoms with E-state index in [1.54, 1.807) is 0 Å². The van der Waals surface area contributed by atoms with Crippen molar-refractivity contribution in [2.45, 2.75) is 40.5 Å². The maximum atomic E-state index is 5.62. The van der Waals surface area contributed by atoms with Crippen molar-refractivity contribution in [3.8, 4) is 5.88 Å². The first-order valence-electron chi connectivity index (χ1n) is 5.57. The summed E-state index contributed by atoms with van der Waals surface area (Å²) >= 11 is 3.35. The summed E-state index contributed by atoms with van der Waals surface area (Å²) in [6.45, 7) is 9.31. The molecule has 16 heavy (non-hydrogen) atoms. The highest BCUT2D eigenvalue weighted by Crippen LogP contribution is 2.20. The average molecular weight is 287 g/mol. The Morgan fingerprint density at radius 1 is 1.31 bits per heavy atom. The van der Waals surface area contributed by atoms with Gasteiger partial charge in [0.25, 0.3) is 0 Å². The molecule has 0 spiro atoms. The SMILES string of the molecule is CCc1nc(Br)cc(OCCC(C)(C)C)n1. The fourth-order valence-electron chi connectivity index (χ4n) is 1.14. The average Bonchev–Trinajstić information content (AvgIpc) is 2.14. The van der Waals surface area contributed by atoms with Gasteiger partial charge in [-0.3, -0.25) is 0 Å². The summed E-state index contributed by atoms with van der Waals surface area (Å²) in [6.07, 6.45) is 1.82. The molecule has 0 atom stereocenters. The van der Waals surface area contributed by atoms with E-state index in [0.717, 1.165) is 23.3 Å². The molecular weight excluding hydrogens is 268 g/mol. The fourth-order valence-corrected chi connectivity index (χ4v) is 1.54. The molecule has 0 saturated heterocycles. The lowest BCUT2D eigenvalue weighted by molar-refractivity contribution is 0.235. The zero-order valence-electron chi connectivity index (χ0n) is 10.4. The van der Waals surface area contributed by atoms with Crippen molar-refractivity contribution < 1.29 is 4.74 Å². The molecule has 1 aromatic heterocycles. The molecule has 0 aliphatic heterocycles. The van der Waals surface area contributed by atoms with Gasteiger partial charge in [-0.2, -0.15) is 4.98 Å². The standard InChI is InChI=1S/C12H19BrN2O/c1-5-10-14-9(13)8-11(15-10)16-7-6-12(2,3)4/h8H,5-7H2,1-4H3. The summed E-state index contributed by atoms with van der Waals surface area (Å²) in [5.41, 5.74) is 0.290. The fraction of sp³-hybridized carbons (Fsp3) is 0.667. The molecule has 0 aliphatic carbocycles. The van der Waals surface area contributed by atoms with Crippen molar-refractivity contribution in [1.29, 1.82) is 0 Å². The van der Waals surface area contributed by atoms with Crippen LogP contribution in [0.1, 0.15) is 39.9 Å². The van der Waals surface area contributed by atoms with E-state index in [2.05, 4.69) is 46.7 Å². The summed E-state index contributed by atoms with van der Waals surface area (Å²) in [6, 6.07) is 1.81.